The van der Waals surface area contributed by atoms with Gasteiger partial charge in [-0.2, -0.15) is 0 Å². The molecule has 14 nitrogen and oxygen atoms in total. The Balaban J connectivity index is 1.85. The van der Waals surface area contributed by atoms with E-state index in [9.17, 15) is 39.0 Å². The smallest absolute Gasteiger partial charge is 0.312 e. The fourth-order valence-electron chi connectivity index (χ4n) is 6.92. The number of carbonyl (C=O) groups excluding carboxylic acids is 6. The number of hydrogen-bond acceptors (Lipinski definition) is 13. The molecule has 3 aliphatic heterocycles. The molecule has 3 heterocycles. The quantitative estimate of drug-likeness (QED) is 0.299. The number of aliphatic hydroxyl groups excluding tert-OH is 1. The molecule has 1 amide bonds. The standard InChI is InChI=1S/C38H45NO13/c1-17-11-10-12-18(2)37(47)39-24-15-25(42)27-28(32(24)45)31(44)22(6)35-29(27)36(46)38(8,52-35)50-14-13-26(48-9)19(3)34(51-23(7)41)21(5)30(43)20(4)33(17)49-16-40/h10-17,19-21,26,30,33-34,43-44H,1-9H3,(H,39,47)/b11-10+,14-13+,18-12-/t17-,19-,20-,21-,26-,30+,33-,34+,38-/m0/s1. The van der Waals surface area contributed by atoms with E-state index in [0.29, 0.717) is 0 Å². The maximum absolute atomic E-state index is 13.9. The van der Waals surface area contributed by atoms with Gasteiger partial charge in [-0.25, -0.2) is 0 Å². The molecule has 4 aliphatic rings. The summed E-state index contributed by atoms with van der Waals surface area (Å²) in [6.45, 7) is 12.6. The molecule has 280 valence electrons. The average molecular weight is 724 g/mol. The van der Waals surface area contributed by atoms with E-state index < -0.39 is 100 Å². The van der Waals surface area contributed by atoms with Crippen LogP contribution in [0.3, 0.4) is 0 Å². The topological polar surface area (TPSA) is 201 Å². The van der Waals surface area contributed by atoms with Gasteiger partial charge in [0, 0.05) is 61.8 Å². The van der Waals surface area contributed by atoms with E-state index in [4.69, 9.17) is 23.7 Å². The van der Waals surface area contributed by atoms with Crippen molar-refractivity contribution in [3.05, 3.63) is 70.2 Å². The predicted molar refractivity (Wildman–Crippen MR) is 184 cm³/mol. The number of Topliss-reactive ketones (excluding diaryl/α,β-unsaturated/α-hetero) is 2. The Labute approximate surface area is 301 Å². The van der Waals surface area contributed by atoms with Gasteiger partial charge in [-0.1, -0.05) is 45.9 Å². The first-order chi connectivity index (χ1) is 24.4. The van der Waals surface area contributed by atoms with Gasteiger partial charge in [0.15, 0.2) is 5.78 Å². The number of allylic oxidation sites excluding steroid dienone is 4. The molecule has 5 bridgehead atoms. The van der Waals surface area contributed by atoms with Crippen molar-refractivity contribution < 1.29 is 62.7 Å². The van der Waals surface area contributed by atoms with Crippen molar-refractivity contribution in [2.45, 2.75) is 85.6 Å². The molecule has 0 unspecified atom stereocenters. The van der Waals surface area contributed by atoms with Gasteiger partial charge in [0.2, 0.25) is 5.78 Å². The Bertz CT molecular complexity index is 1790. The number of fused-ring (bicyclic) bond motifs is 14. The Morgan fingerprint density at radius 1 is 0.981 bits per heavy atom. The highest BCUT2D eigenvalue weighted by atomic mass is 16.7. The number of esters is 1. The van der Waals surface area contributed by atoms with Crippen LogP contribution < -0.4 is 10.1 Å². The third-order valence-electron chi connectivity index (χ3n) is 9.97. The summed E-state index contributed by atoms with van der Waals surface area (Å²) < 4.78 is 28.6. The minimum atomic E-state index is -2.05. The van der Waals surface area contributed by atoms with Crippen LogP contribution in [0.5, 0.6) is 11.5 Å². The number of carbonyl (C=O) groups is 6. The third kappa shape index (κ3) is 7.44. The van der Waals surface area contributed by atoms with E-state index in [1.54, 1.807) is 39.8 Å². The second-order valence-corrected chi connectivity index (χ2v) is 13.6. The molecule has 9 atom stereocenters. The van der Waals surface area contributed by atoms with Crippen molar-refractivity contribution in [2.24, 2.45) is 23.7 Å². The highest BCUT2D eigenvalue weighted by molar-refractivity contribution is 6.30. The zero-order chi connectivity index (χ0) is 38.8. The van der Waals surface area contributed by atoms with E-state index in [0.717, 1.165) is 12.3 Å². The number of aliphatic hydroxyl groups is 1. The number of aromatic hydroxyl groups is 1. The normalized spacial score (nSPS) is 33.4. The number of nitrogens with one attached hydrogen (secondary N) is 1. The van der Waals surface area contributed by atoms with E-state index in [2.05, 4.69) is 5.32 Å². The van der Waals surface area contributed by atoms with Crippen molar-refractivity contribution in [1.29, 1.82) is 0 Å². The van der Waals surface area contributed by atoms with Gasteiger partial charge in [0.05, 0.1) is 40.9 Å². The summed E-state index contributed by atoms with van der Waals surface area (Å²) in [6, 6.07) is 0. The Morgan fingerprint density at radius 2 is 1.63 bits per heavy atom. The summed E-state index contributed by atoms with van der Waals surface area (Å²) in [4.78, 5) is 78.1. The number of rotatable bonds is 4. The Hall–Kier alpha value is -5.08. The van der Waals surface area contributed by atoms with Crippen LogP contribution >= 0.6 is 0 Å². The summed E-state index contributed by atoms with van der Waals surface area (Å²) in [5.74, 6) is -9.14. The molecule has 0 saturated carbocycles. The first kappa shape index (κ1) is 39.7. The number of amides is 1. The average Bonchev–Trinajstić information content (AvgIpc) is 3.36. The molecule has 1 aromatic rings. The predicted octanol–water partition coefficient (Wildman–Crippen LogP) is 3.81. The minimum absolute atomic E-state index is 0.000707. The van der Waals surface area contributed by atoms with Gasteiger partial charge in [-0.15, -0.1) is 0 Å². The van der Waals surface area contributed by atoms with Crippen LogP contribution in [-0.4, -0.2) is 83.2 Å². The summed E-state index contributed by atoms with van der Waals surface area (Å²) in [6.07, 6.45) is 4.40. The molecule has 3 N–H and O–H groups in total. The zero-order valence-electron chi connectivity index (χ0n) is 30.5. The van der Waals surface area contributed by atoms with Gasteiger partial charge >= 0.3 is 11.8 Å². The van der Waals surface area contributed by atoms with Crippen LogP contribution in [0.2, 0.25) is 0 Å². The number of ketones is 3. The van der Waals surface area contributed by atoms with Gasteiger partial charge in [0.25, 0.3) is 18.2 Å². The van der Waals surface area contributed by atoms with Crippen LogP contribution in [0.4, 0.5) is 0 Å². The highest BCUT2D eigenvalue weighted by Crippen LogP contribution is 2.48. The van der Waals surface area contributed by atoms with E-state index in [1.165, 1.54) is 47.0 Å². The maximum atomic E-state index is 13.9. The van der Waals surface area contributed by atoms with Crippen molar-refractivity contribution in [3.8, 4) is 11.5 Å². The lowest BCUT2D eigenvalue weighted by Crippen LogP contribution is -2.47. The molecule has 1 aliphatic carbocycles. The van der Waals surface area contributed by atoms with Crippen LogP contribution in [0.1, 0.15) is 85.1 Å². The van der Waals surface area contributed by atoms with E-state index in [-0.39, 0.29) is 34.5 Å². The fraction of sp³-hybridized carbons (Fsp3) is 0.474. The largest absolute Gasteiger partial charge is 0.507 e. The van der Waals surface area contributed by atoms with Crippen LogP contribution in [-0.2, 0) is 33.3 Å². The number of ether oxygens (including phenoxy) is 5. The van der Waals surface area contributed by atoms with Crippen molar-refractivity contribution in [1.82, 2.24) is 5.32 Å². The molecule has 0 spiro atoms. The first-order valence-electron chi connectivity index (χ1n) is 16.8. The van der Waals surface area contributed by atoms with Crippen molar-refractivity contribution in [3.63, 3.8) is 0 Å². The molecule has 0 fully saturated rings. The lowest BCUT2D eigenvalue weighted by Gasteiger charge is -2.38. The summed E-state index contributed by atoms with van der Waals surface area (Å²) in [5.41, 5.74) is -1.39. The molecular weight excluding hydrogens is 678 g/mol. The van der Waals surface area contributed by atoms with Crippen LogP contribution in [0.15, 0.2) is 47.9 Å². The van der Waals surface area contributed by atoms with Crippen LogP contribution in [0, 0.1) is 30.6 Å². The van der Waals surface area contributed by atoms with Gasteiger partial charge < -0.3 is 39.2 Å². The summed E-state index contributed by atoms with van der Waals surface area (Å²) >= 11 is 0. The monoisotopic (exact) mass is 723 g/mol. The number of benzene rings is 1. The number of phenols is 1. The molecule has 14 heteroatoms. The molecular formula is C38H45NO13. The first-order valence-corrected chi connectivity index (χ1v) is 16.8. The molecule has 5 rings (SSSR count). The third-order valence-corrected chi connectivity index (χ3v) is 9.97. The Morgan fingerprint density at radius 3 is 2.25 bits per heavy atom. The lowest BCUT2D eigenvalue weighted by molar-refractivity contribution is -0.162. The molecule has 0 aromatic heterocycles. The summed E-state index contributed by atoms with van der Waals surface area (Å²) in [5, 5.41) is 25.1. The number of methoxy groups -OCH3 is 1. The fourth-order valence-corrected chi connectivity index (χ4v) is 6.92. The number of hydrogen-bond donors (Lipinski definition) is 3. The molecule has 0 radical (unpaired) electrons. The van der Waals surface area contributed by atoms with Gasteiger partial charge in [-0.3, -0.25) is 28.8 Å². The minimum Gasteiger partial charge on any atom is -0.507 e. The van der Waals surface area contributed by atoms with Gasteiger partial charge in [-0.05, 0) is 19.9 Å². The van der Waals surface area contributed by atoms with Gasteiger partial charge in [0.1, 0.15) is 23.7 Å². The van der Waals surface area contributed by atoms with Crippen molar-refractivity contribution >= 4 is 35.7 Å². The van der Waals surface area contributed by atoms with E-state index in [1.807, 2.05) is 0 Å². The highest BCUT2D eigenvalue weighted by Gasteiger charge is 2.51. The maximum Gasteiger partial charge on any atom is 0.312 e. The Kier molecular flexibility index (Phi) is 12.0. The summed E-state index contributed by atoms with van der Waals surface area (Å²) in [7, 11) is 1.41. The van der Waals surface area contributed by atoms with Crippen molar-refractivity contribution in [2.75, 3.05) is 7.11 Å². The molecule has 0 saturated heterocycles. The number of phenolic OH excluding ortho intramolecular Hbond substituents is 1. The van der Waals surface area contributed by atoms with Crippen LogP contribution in [0.25, 0.3) is 0 Å². The second kappa shape index (κ2) is 15.7. The second-order valence-electron chi connectivity index (χ2n) is 13.6. The van der Waals surface area contributed by atoms with E-state index >= 15 is 0 Å². The SMILES string of the molecule is CO[C@H]1/C=C/O[C@@]2(C)Oc3c(C)c(O)c4c(c3C2=O)C(=O)C=C(NC(=O)/C(C)=C\C=C\[C@H](C)[C@H](OC=O)[C@@H](C)[C@@H](O)[C@H](C)[C@H](OC(C)=O)[C@H]1C)C4=O. The molecule has 1 aromatic carbocycles. The lowest BCUT2D eigenvalue weighted by atomic mass is 9.78. The zero-order valence-corrected chi connectivity index (χ0v) is 30.5. The molecule has 52 heavy (non-hydrogen) atoms.